The number of benzene rings is 1. The van der Waals surface area contributed by atoms with E-state index in [-0.39, 0.29) is 30.4 Å². The lowest BCUT2D eigenvalue weighted by atomic mass is 10.2. The predicted molar refractivity (Wildman–Crippen MR) is 74.0 cm³/mol. The summed E-state index contributed by atoms with van der Waals surface area (Å²) < 4.78 is 38.9. The van der Waals surface area contributed by atoms with Gasteiger partial charge in [-0.25, -0.2) is 22.5 Å². The zero-order valence-electron chi connectivity index (χ0n) is 11.5. The van der Waals surface area contributed by atoms with Gasteiger partial charge in [-0.3, -0.25) is 4.79 Å². The number of hydrogen-bond donors (Lipinski definition) is 0. The minimum Gasteiger partial charge on any atom is -0.338 e. The van der Waals surface area contributed by atoms with Crippen LogP contribution in [-0.4, -0.2) is 52.3 Å². The van der Waals surface area contributed by atoms with Crippen molar-refractivity contribution in [2.24, 2.45) is 0 Å². The van der Waals surface area contributed by atoms with Gasteiger partial charge in [-0.1, -0.05) is 0 Å². The van der Waals surface area contributed by atoms with E-state index in [1.165, 1.54) is 34.4 Å². The van der Waals surface area contributed by atoms with Gasteiger partial charge in [-0.2, -0.15) is 5.10 Å². The second-order valence-electron chi connectivity index (χ2n) is 5.01. The molecule has 0 unspecified atom stereocenters. The molecule has 0 spiro atoms. The van der Waals surface area contributed by atoms with Crippen LogP contribution in [0.25, 0.3) is 0 Å². The van der Waals surface area contributed by atoms with E-state index in [4.69, 9.17) is 0 Å². The molecule has 1 aliphatic heterocycles. The Labute approximate surface area is 126 Å². The summed E-state index contributed by atoms with van der Waals surface area (Å²) in [5, 5.41) is 3.17. The second-order valence-corrected chi connectivity index (χ2v) is 7.24. The molecule has 0 radical (unpaired) electrons. The Bertz CT molecular complexity index is 768. The molecule has 9 heteroatoms. The van der Waals surface area contributed by atoms with Gasteiger partial charge in [0.1, 0.15) is 30.3 Å². The Hall–Kier alpha value is -2.29. The van der Waals surface area contributed by atoms with Crippen molar-refractivity contribution in [2.45, 2.75) is 16.7 Å². The average molecular weight is 324 g/mol. The normalized spacial score (nSPS) is 15.6. The van der Waals surface area contributed by atoms with Crippen molar-refractivity contribution in [3.63, 3.8) is 0 Å². The molecule has 1 fully saturated rings. The summed E-state index contributed by atoms with van der Waals surface area (Å²) in [6.45, 7) is 0.295. The maximum absolute atomic E-state index is 12.9. The summed E-state index contributed by atoms with van der Waals surface area (Å²) in [4.78, 5) is 17.2. The van der Waals surface area contributed by atoms with Gasteiger partial charge >= 0.3 is 0 Å². The lowest BCUT2D eigenvalue weighted by molar-refractivity contribution is -0.135. The molecule has 0 bridgehead atoms. The summed E-state index contributed by atoms with van der Waals surface area (Å²) in [6, 6.07) is 4.70. The molecule has 0 saturated carbocycles. The molecule has 116 valence electrons. The van der Waals surface area contributed by atoms with Gasteiger partial charge in [0.25, 0.3) is 0 Å². The van der Waals surface area contributed by atoms with Gasteiger partial charge < -0.3 is 4.90 Å². The van der Waals surface area contributed by atoms with Gasteiger partial charge in [0.15, 0.2) is 9.84 Å². The Balaban J connectivity index is 1.62. The fourth-order valence-corrected chi connectivity index (χ4v) is 3.86. The number of carbonyl (C=O) groups excluding carboxylic acids is 1. The fourth-order valence-electron chi connectivity index (χ4n) is 2.21. The number of halogens is 1. The first-order valence-electron chi connectivity index (χ1n) is 6.56. The molecule has 2 heterocycles. The van der Waals surface area contributed by atoms with Gasteiger partial charge in [-0.05, 0) is 24.3 Å². The number of amides is 1. The van der Waals surface area contributed by atoms with E-state index in [2.05, 4.69) is 10.1 Å². The first kappa shape index (κ1) is 14.6. The highest BCUT2D eigenvalue weighted by molar-refractivity contribution is 7.92. The van der Waals surface area contributed by atoms with E-state index in [1.807, 2.05) is 0 Å². The first-order chi connectivity index (χ1) is 10.5. The van der Waals surface area contributed by atoms with E-state index in [0.717, 1.165) is 12.1 Å². The predicted octanol–water partition coefficient (Wildman–Crippen LogP) is 0.102. The van der Waals surface area contributed by atoms with Crippen LogP contribution in [0, 0.1) is 5.82 Å². The summed E-state index contributed by atoms with van der Waals surface area (Å²) in [7, 11) is -3.54. The Morgan fingerprint density at radius 1 is 1.27 bits per heavy atom. The lowest BCUT2D eigenvalue weighted by Crippen LogP contribution is -2.57. The molecule has 1 aliphatic rings. The average Bonchev–Trinajstić information content (AvgIpc) is 2.90. The van der Waals surface area contributed by atoms with E-state index in [0.29, 0.717) is 0 Å². The largest absolute Gasteiger partial charge is 0.338 e. The fraction of sp³-hybridized carbons (Fsp3) is 0.308. The number of nitrogens with zero attached hydrogens (tertiary/aromatic N) is 4. The zero-order chi connectivity index (χ0) is 15.7. The first-order valence-corrected chi connectivity index (χ1v) is 8.11. The molecule has 1 aromatic heterocycles. The number of aromatic nitrogens is 3. The molecule has 22 heavy (non-hydrogen) atoms. The van der Waals surface area contributed by atoms with Crippen molar-refractivity contribution in [1.82, 2.24) is 19.7 Å². The standard InChI is InChI=1S/C13H13FN4O3S/c14-10-1-3-11(4-2-10)22(20,21)12-5-17(6-12)13(19)7-18-9-15-8-16-18/h1-4,8-9,12H,5-7H2. The van der Waals surface area contributed by atoms with Crippen molar-refractivity contribution in [3.8, 4) is 0 Å². The van der Waals surface area contributed by atoms with E-state index >= 15 is 0 Å². The van der Waals surface area contributed by atoms with Crippen LogP contribution in [0.1, 0.15) is 0 Å². The van der Waals surface area contributed by atoms with Crippen molar-refractivity contribution in [3.05, 3.63) is 42.7 Å². The second kappa shape index (κ2) is 5.48. The smallest absolute Gasteiger partial charge is 0.244 e. The molecule has 2 aromatic rings. The SMILES string of the molecule is O=C(Cn1cncn1)N1CC(S(=O)(=O)c2ccc(F)cc2)C1. The van der Waals surface area contributed by atoms with Crippen molar-refractivity contribution < 1.29 is 17.6 Å². The number of carbonyl (C=O) groups is 1. The maximum Gasteiger partial charge on any atom is 0.244 e. The number of likely N-dealkylation sites (tertiary alicyclic amines) is 1. The minimum absolute atomic E-state index is 0.0311. The van der Waals surface area contributed by atoms with Gasteiger partial charge in [0, 0.05) is 13.1 Å². The number of sulfone groups is 1. The van der Waals surface area contributed by atoms with Crippen LogP contribution in [0.4, 0.5) is 4.39 Å². The highest BCUT2D eigenvalue weighted by Gasteiger charge is 2.40. The summed E-state index contributed by atoms with van der Waals surface area (Å²) in [6.07, 6.45) is 2.75. The third-order valence-electron chi connectivity index (χ3n) is 3.55. The lowest BCUT2D eigenvalue weighted by Gasteiger charge is -2.38. The Morgan fingerprint density at radius 2 is 1.95 bits per heavy atom. The molecule has 1 aromatic carbocycles. The maximum atomic E-state index is 12.9. The number of hydrogen-bond acceptors (Lipinski definition) is 5. The summed E-state index contributed by atoms with van der Waals surface area (Å²) >= 11 is 0. The number of rotatable bonds is 4. The molecule has 7 nitrogen and oxygen atoms in total. The highest BCUT2D eigenvalue weighted by Crippen LogP contribution is 2.24. The molecular weight excluding hydrogens is 311 g/mol. The van der Waals surface area contributed by atoms with Crippen molar-refractivity contribution in [2.75, 3.05) is 13.1 Å². The van der Waals surface area contributed by atoms with E-state index < -0.39 is 20.9 Å². The molecule has 0 aliphatic carbocycles. The molecule has 0 N–H and O–H groups in total. The van der Waals surface area contributed by atoms with Gasteiger partial charge in [0.2, 0.25) is 5.91 Å². The van der Waals surface area contributed by atoms with Gasteiger partial charge in [0.05, 0.1) is 4.90 Å². The quantitative estimate of drug-likeness (QED) is 0.745. The summed E-state index contributed by atoms with van der Waals surface area (Å²) in [5.41, 5.74) is 0. The molecule has 3 rings (SSSR count). The van der Waals surface area contributed by atoms with Crippen LogP contribution in [-0.2, 0) is 21.2 Å². The summed E-state index contributed by atoms with van der Waals surface area (Å²) in [5.74, 6) is -0.701. The topological polar surface area (TPSA) is 85.2 Å². The highest BCUT2D eigenvalue weighted by atomic mass is 32.2. The monoisotopic (exact) mass is 324 g/mol. The molecule has 1 saturated heterocycles. The van der Waals surface area contributed by atoms with Crippen LogP contribution < -0.4 is 0 Å². The third-order valence-corrected chi connectivity index (χ3v) is 5.65. The van der Waals surface area contributed by atoms with Crippen LogP contribution in [0.5, 0.6) is 0 Å². The zero-order valence-corrected chi connectivity index (χ0v) is 12.3. The van der Waals surface area contributed by atoms with Crippen LogP contribution in [0.15, 0.2) is 41.8 Å². The van der Waals surface area contributed by atoms with E-state index in [1.54, 1.807) is 0 Å². The van der Waals surface area contributed by atoms with Crippen LogP contribution >= 0.6 is 0 Å². The van der Waals surface area contributed by atoms with Crippen LogP contribution in [0.3, 0.4) is 0 Å². The Morgan fingerprint density at radius 3 is 2.55 bits per heavy atom. The van der Waals surface area contributed by atoms with Crippen molar-refractivity contribution in [1.29, 1.82) is 0 Å². The van der Waals surface area contributed by atoms with Gasteiger partial charge in [-0.15, -0.1) is 0 Å². The molecule has 0 atom stereocenters. The minimum atomic E-state index is -3.54. The Kier molecular flexibility index (Phi) is 3.65. The molecule has 1 amide bonds. The van der Waals surface area contributed by atoms with E-state index in [9.17, 15) is 17.6 Å². The third kappa shape index (κ3) is 2.71. The molecular formula is C13H13FN4O3S. The van der Waals surface area contributed by atoms with Crippen molar-refractivity contribution >= 4 is 15.7 Å². The van der Waals surface area contributed by atoms with Crippen LogP contribution in [0.2, 0.25) is 0 Å².